The van der Waals surface area contributed by atoms with Crippen molar-refractivity contribution in [2.45, 2.75) is 31.8 Å². The van der Waals surface area contributed by atoms with Crippen LogP contribution in [-0.2, 0) is 22.5 Å². The van der Waals surface area contributed by atoms with E-state index in [0.717, 1.165) is 29.7 Å². The molecule has 0 radical (unpaired) electrons. The minimum absolute atomic E-state index is 0.00356. The van der Waals surface area contributed by atoms with Gasteiger partial charge >= 0.3 is 5.97 Å². The average Bonchev–Trinajstić information content (AvgIpc) is 3.45. The summed E-state index contributed by atoms with van der Waals surface area (Å²) in [6.45, 7) is -0.435. The third-order valence-electron chi connectivity index (χ3n) is 6.14. The van der Waals surface area contributed by atoms with Gasteiger partial charge in [0.25, 0.3) is 17.7 Å². The van der Waals surface area contributed by atoms with E-state index in [1.165, 1.54) is 30.0 Å². The summed E-state index contributed by atoms with van der Waals surface area (Å²) in [4.78, 5) is 51.4. The molecule has 1 aromatic heterocycles. The topological polar surface area (TPSA) is 106 Å². The van der Waals surface area contributed by atoms with Gasteiger partial charge in [0.1, 0.15) is 5.76 Å². The Morgan fingerprint density at radius 3 is 2.68 bits per heavy atom. The van der Waals surface area contributed by atoms with Gasteiger partial charge in [-0.05, 0) is 60.7 Å². The van der Waals surface area contributed by atoms with Crippen molar-refractivity contribution in [2.24, 2.45) is 0 Å². The van der Waals surface area contributed by atoms with Crippen molar-refractivity contribution in [1.29, 1.82) is 0 Å². The van der Waals surface area contributed by atoms with E-state index in [-0.39, 0.29) is 29.3 Å². The first-order valence-electron chi connectivity index (χ1n) is 11.1. The Balaban J connectivity index is 1.21. The van der Waals surface area contributed by atoms with Gasteiger partial charge < -0.3 is 14.5 Å². The zero-order valence-electron chi connectivity index (χ0n) is 18.3. The molecule has 0 saturated heterocycles. The lowest BCUT2D eigenvalue weighted by Gasteiger charge is -2.26. The number of hydrogen-bond donors (Lipinski definition) is 1. The summed E-state index contributed by atoms with van der Waals surface area (Å²) in [5.41, 5.74) is 2.73. The lowest BCUT2D eigenvalue weighted by molar-refractivity contribution is -0.125. The third-order valence-corrected chi connectivity index (χ3v) is 6.14. The van der Waals surface area contributed by atoms with Crippen LogP contribution in [0, 0.1) is 0 Å². The second-order valence-electron chi connectivity index (χ2n) is 8.32. The van der Waals surface area contributed by atoms with Crippen molar-refractivity contribution in [3.63, 3.8) is 0 Å². The molecule has 2 aromatic carbocycles. The van der Waals surface area contributed by atoms with E-state index in [4.69, 9.17) is 9.15 Å². The van der Waals surface area contributed by atoms with Crippen molar-refractivity contribution in [1.82, 2.24) is 10.2 Å². The fraction of sp³-hybridized carbons (Fsp3) is 0.231. The molecule has 0 saturated carbocycles. The number of fused-ring (bicyclic) bond motifs is 2. The second kappa shape index (κ2) is 8.97. The summed E-state index contributed by atoms with van der Waals surface area (Å²) >= 11 is 0. The average molecular weight is 458 g/mol. The highest BCUT2D eigenvalue weighted by atomic mass is 16.5. The Morgan fingerprint density at radius 2 is 1.85 bits per heavy atom. The van der Waals surface area contributed by atoms with Gasteiger partial charge in [-0.2, -0.15) is 0 Å². The molecule has 0 fully saturated rings. The van der Waals surface area contributed by atoms with Crippen LogP contribution in [0.5, 0.6) is 0 Å². The van der Waals surface area contributed by atoms with E-state index >= 15 is 0 Å². The number of imide groups is 1. The number of hydrogen-bond acceptors (Lipinski definition) is 6. The second-order valence-corrected chi connectivity index (χ2v) is 8.32. The minimum Gasteiger partial charge on any atom is -0.467 e. The van der Waals surface area contributed by atoms with Gasteiger partial charge in [0, 0.05) is 0 Å². The first-order valence-corrected chi connectivity index (χ1v) is 11.1. The van der Waals surface area contributed by atoms with Gasteiger partial charge in [0.2, 0.25) is 0 Å². The summed E-state index contributed by atoms with van der Waals surface area (Å²) < 4.78 is 10.4. The number of nitrogens with one attached hydrogen (secondary N) is 1. The normalized spacial score (nSPS) is 16.7. The van der Waals surface area contributed by atoms with E-state index in [1.807, 2.05) is 18.2 Å². The molecule has 3 aromatic rings. The molecule has 8 heteroatoms. The quantitative estimate of drug-likeness (QED) is 0.448. The Hall–Kier alpha value is -4.20. The third kappa shape index (κ3) is 4.10. The molecule has 8 nitrogen and oxygen atoms in total. The molecule has 0 spiro atoms. The van der Waals surface area contributed by atoms with Gasteiger partial charge in [-0.3, -0.25) is 19.3 Å². The lowest BCUT2D eigenvalue weighted by atomic mass is 9.88. The van der Waals surface area contributed by atoms with Crippen molar-refractivity contribution in [3.05, 3.63) is 94.4 Å². The molecule has 2 aliphatic rings. The Kier molecular flexibility index (Phi) is 5.71. The van der Waals surface area contributed by atoms with E-state index in [9.17, 15) is 19.2 Å². The first-order chi connectivity index (χ1) is 16.5. The number of ether oxygens (including phenoxy) is 1. The lowest BCUT2D eigenvalue weighted by Crippen LogP contribution is -2.34. The maximum Gasteiger partial charge on any atom is 0.338 e. The summed E-state index contributed by atoms with van der Waals surface area (Å²) in [5.74, 6) is -1.64. The number of aryl methyl sites for hydroxylation is 1. The first kappa shape index (κ1) is 21.6. The van der Waals surface area contributed by atoms with E-state index in [0.29, 0.717) is 5.76 Å². The Bertz CT molecular complexity index is 1280. The monoisotopic (exact) mass is 458 g/mol. The smallest absolute Gasteiger partial charge is 0.338 e. The number of furan rings is 1. The van der Waals surface area contributed by atoms with Gasteiger partial charge in [-0.1, -0.05) is 24.3 Å². The Labute approximate surface area is 195 Å². The molecule has 1 unspecified atom stereocenters. The van der Waals surface area contributed by atoms with Crippen LogP contribution in [-0.4, -0.2) is 35.2 Å². The van der Waals surface area contributed by atoms with Crippen molar-refractivity contribution < 1.29 is 28.3 Å². The van der Waals surface area contributed by atoms with Gasteiger partial charge in [0.15, 0.2) is 6.61 Å². The molecule has 0 bridgehead atoms. The van der Waals surface area contributed by atoms with E-state index in [1.54, 1.807) is 12.1 Å². The molecule has 1 atom stereocenters. The molecule has 1 N–H and O–H groups in total. The van der Waals surface area contributed by atoms with Crippen LogP contribution in [0.1, 0.15) is 66.8 Å². The predicted molar refractivity (Wildman–Crippen MR) is 120 cm³/mol. The van der Waals surface area contributed by atoms with Crippen molar-refractivity contribution >= 4 is 23.7 Å². The Morgan fingerprint density at radius 1 is 1.03 bits per heavy atom. The molecule has 3 amide bonds. The molecular weight excluding hydrogens is 436 g/mol. The van der Waals surface area contributed by atoms with Crippen LogP contribution in [0.15, 0.2) is 65.3 Å². The summed E-state index contributed by atoms with van der Waals surface area (Å²) in [6.07, 6.45) is 4.24. The number of carbonyl (C=O) groups excluding carboxylic acids is 4. The molecule has 34 heavy (non-hydrogen) atoms. The van der Waals surface area contributed by atoms with Crippen LogP contribution >= 0.6 is 0 Å². The zero-order chi connectivity index (χ0) is 23.7. The molecule has 2 heterocycles. The summed E-state index contributed by atoms with van der Waals surface area (Å²) in [5, 5.41) is 2.93. The molecule has 5 rings (SSSR count). The summed E-state index contributed by atoms with van der Waals surface area (Å²) in [7, 11) is 0. The van der Waals surface area contributed by atoms with Crippen LogP contribution in [0.3, 0.4) is 0 Å². The SMILES string of the molecule is O=C(COC(=O)c1ccc2c(c1)C(=O)N(Cc1ccco1)C2=O)NC1CCCc2ccccc21. The highest BCUT2D eigenvalue weighted by Crippen LogP contribution is 2.29. The number of amides is 3. The maximum atomic E-state index is 12.7. The largest absolute Gasteiger partial charge is 0.467 e. The van der Waals surface area contributed by atoms with Crippen LogP contribution in [0.2, 0.25) is 0 Å². The van der Waals surface area contributed by atoms with Crippen LogP contribution < -0.4 is 5.32 Å². The number of esters is 1. The van der Waals surface area contributed by atoms with E-state index < -0.39 is 30.3 Å². The minimum atomic E-state index is -0.744. The summed E-state index contributed by atoms with van der Waals surface area (Å²) in [6, 6.07) is 15.4. The number of rotatable bonds is 6. The predicted octanol–water partition coefficient (Wildman–Crippen LogP) is 3.43. The van der Waals surface area contributed by atoms with Gasteiger partial charge in [0.05, 0.1) is 35.5 Å². The standard InChI is InChI=1S/C26H22N2O6/c29-23(27-22-9-3-6-16-5-1-2-8-19(16)22)15-34-26(32)17-10-11-20-21(13-17)25(31)28(24(20)30)14-18-7-4-12-33-18/h1-2,4-5,7-8,10-13,22H,3,6,9,14-15H2,(H,27,29). The molecule has 1 aliphatic carbocycles. The highest BCUT2D eigenvalue weighted by Gasteiger charge is 2.36. The van der Waals surface area contributed by atoms with Gasteiger partial charge in [-0.15, -0.1) is 0 Å². The van der Waals surface area contributed by atoms with Crippen LogP contribution in [0.25, 0.3) is 0 Å². The maximum absolute atomic E-state index is 12.7. The van der Waals surface area contributed by atoms with Crippen molar-refractivity contribution in [2.75, 3.05) is 6.61 Å². The highest BCUT2D eigenvalue weighted by molar-refractivity contribution is 6.21. The van der Waals surface area contributed by atoms with Crippen molar-refractivity contribution in [3.8, 4) is 0 Å². The zero-order valence-corrected chi connectivity index (χ0v) is 18.3. The van der Waals surface area contributed by atoms with Crippen LogP contribution in [0.4, 0.5) is 0 Å². The number of benzene rings is 2. The fourth-order valence-corrected chi connectivity index (χ4v) is 4.47. The van der Waals surface area contributed by atoms with Gasteiger partial charge in [-0.25, -0.2) is 4.79 Å². The molecule has 1 aliphatic heterocycles. The molecule has 172 valence electrons. The van der Waals surface area contributed by atoms with E-state index in [2.05, 4.69) is 11.4 Å². The fourth-order valence-electron chi connectivity index (χ4n) is 4.47. The number of carbonyl (C=O) groups is 4. The molecular formula is C26H22N2O6. The number of nitrogens with zero attached hydrogens (tertiary/aromatic N) is 1.